The molecule has 2 heterocycles. The van der Waals surface area contributed by atoms with Gasteiger partial charge in [-0.1, -0.05) is 98.5 Å². The molecule has 4 aromatic carbocycles. The molecule has 4 N–H and O–H groups in total. The van der Waals surface area contributed by atoms with Gasteiger partial charge in [0.15, 0.2) is 0 Å². The van der Waals surface area contributed by atoms with E-state index in [4.69, 9.17) is 32.7 Å². The Kier molecular flexibility index (Phi) is 22.6. The highest BCUT2D eigenvalue weighted by Crippen LogP contribution is 2.50. The predicted octanol–water partition coefficient (Wildman–Crippen LogP) is 14.7. The number of nitrogens with zero attached hydrogens (tertiary/aromatic N) is 2. The van der Waals surface area contributed by atoms with Gasteiger partial charge in [0.2, 0.25) is 20.0 Å². The average molecular weight is 1360 g/mol. The fraction of sp³-hybridized carbons (Fsp3) is 0.553. The Bertz CT molecular complexity index is 3450. The van der Waals surface area contributed by atoms with Crippen LogP contribution in [0.2, 0.25) is 10.0 Å². The zero-order chi connectivity index (χ0) is 66.4. The lowest BCUT2D eigenvalue weighted by molar-refractivity contribution is 0.0454. The Morgan fingerprint density at radius 3 is 1.37 bits per heavy atom. The fourth-order valence-electron chi connectivity index (χ4n) is 16.0. The molecular formula is C76H98Cl2N4O10S2. The molecule has 0 radical (unpaired) electrons. The van der Waals surface area contributed by atoms with Crippen molar-refractivity contribution in [3.8, 4) is 11.5 Å². The van der Waals surface area contributed by atoms with Crippen LogP contribution in [0.15, 0.2) is 122 Å². The van der Waals surface area contributed by atoms with Crippen molar-refractivity contribution in [3.63, 3.8) is 0 Å². The van der Waals surface area contributed by atoms with Crippen LogP contribution in [-0.2, 0) is 43.7 Å². The Morgan fingerprint density at radius 2 is 1.01 bits per heavy atom. The molecule has 4 aromatic rings. The first kappa shape index (κ1) is 69.7. The second kappa shape index (κ2) is 30.4. The predicted molar refractivity (Wildman–Crippen MR) is 378 cm³/mol. The topological polar surface area (TPSA) is 192 Å². The average Bonchev–Trinajstić information content (AvgIpc) is 1.44. The maximum Gasteiger partial charge on any atom is 0.264 e. The lowest BCUT2D eigenvalue weighted by Gasteiger charge is -2.45. The van der Waals surface area contributed by atoms with E-state index in [0.29, 0.717) is 87.7 Å². The standard InChI is InChI=1S/2C38H49ClN2O5S/c2*1-3-5-7-10-34(42)31-17-14-29(31)23-41-24-38(20-8-9-27-21-30(39)16-18-32(27)38)25-46-35-19-15-28(22-33(35)41)37(43)40-47(44,45)36(11-6-4-2)26-12-13-26/h2*4,7,10,15-16,18-19,21-22,26,29,31,34,36,42H,2-3,5-6,8-9,11-14,17,20,23-25H2,1H3,(H,40,43)/b2*10-7+/t29-,31+,34-,36+,38-;29-,31+,34-,36-,38-/m00/s1. The number of fused-ring (bicyclic) bond motifs is 6. The number of amides is 2. The zero-order valence-electron chi connectivity index (χ0n) is 55.0. The molecule has 2 aliphatic heterocycles. The smallest absolute Gasteiger partial charge is 0.264 e. The second-order valence-corrected chi connectivity index (χ2v) is 33.1. The maximum absolute atomic E-state index is 13.6. The van der Waals surface area contributed by atoms with Crippen LogP contribution in [0.4, 0.5) is 11.4 Å². The minimum Gasteiger partial charge on any atom is -0.490 e. The van der Waals surface area contributed by atoms with E-state index in [2.05, 4.69) is 82.7 Å². The number of allylic oxidation sites excluding steroid dienone is 4. The summed E-state index contributed by atoms with van der Waals surface area (Å²) in [5.74, 6) is 1.17. The molecule has 0 aromatic heterocycles. The van der Waals surface area contributed by atoms with Crippen molar-refractivity contribution < 1.29 is 46.1 Å². The third-order valence-corrected chi connectivity index (χ3v) is 26.0. The number of carbonyl (C=O) groups is 2. The van der Waals surface area contributed by atoms with E-state index in [0.717, 1.165) is 137 Å². The van der Waals surface area contributed by atoms with Gasteiger partial charge in [-0.3, -0.25) is 9.59 Å². The summed E-state index contributed by atoms with van der Waals surface area (Å²) in [6, 6.07) is 22.9. The summed E-state index contributed by atoms with van der Waals surface area (Å²) in [4.78, 5) is 31.8. The summed E-state index contributed by atoms with van der Waals surface area (Å²) in [6.07, 6.45) is 30.0. The zero-order valence-corrected chi connectivity index (χ0v) is 58.2. The van der Waals surface area contributed by atoms with Crippen molar-refractivity contribution in [2.24, 2.45) is 35.5 Å². The number of ether oxygens (including phenoxy) is 2. The second-order valence-electron chi connectivity index (χ2n) is 28.4. The third-order valence-electron chi connectivity index (χ3n) is 21.8. The van der Waals surface area contributed by atoms with Crippen LogP contribution in [0.5, 0.6) is 11.5 Å². The summed E-state index contributed by atoms with van der Waals surface area (Å²) in [6.45, 7) is 15.5. The normalized spacial score (nSPS) is 25.2. The molecule has 508 valence electrons. The molecule has 0 unspecified atom stereocenters. The molecule has 12 rings (SSSR count). The molecule has 0 saturated heterocycles. The Balaban J connectivity index is 0.000000192. The van der Waals surface area contributed by atoms with Gasteiger partial charge in [-0.15, -0.1) is 13.2 Å². The number of halogens is 2. The summed E-state index contributed by atoms with van der Waals surface area (Å²) in [5, 5.41) is 22.4. The van der Waals surface area contributed by atoms with E-state index in [9.17, 15) is 36.6 Å². The molecule has 18 heteroatoms. The van der Waals surface area contributed by atoms with E-state index < -0.39 is 54.6 Å². The highest BCUT2D eigenvalue weighted by molar-refractivity contribution is 7.91. The molecule has 0 bridgehead atoms. The number of aryl methyl sites for hydroxylation is 2. The van der Waals surface area contributed by atoms with Crippen LogP contribution >= 0.6 is 23.2 Å². The molecule has 10 atom stereocenters. The lowest BCUT2D eigenvalue weighted by Crippen LogP contribution is -2.49. The van der Waals surface area contributed by atoms with Crippen LogP contribution in [0.25, 0.3) is 0 Å². The lowest BCUT2D eigenvalue weighted by atomic mass is 9.68. The number of carbonyl (C=O) groups excluding carboxylic acids is 2. The van der Waals surface area contributed by atoms with Crippen LogP contribution in [0.1, 0.15) is 185 Å². The number of aliphatic hydroxyl groups is 2. The number of hydrogen-bond acceptors (Lipinski definition) is 12. The highest BCUT2D eigenvalue weighted by Gasteiger charge is 2.48. The van der Waals surface area contributed by atoms with E-state index >= 15 is 0 Å². The molecule has 4 saturated carbocycles. The van der Waals surface area contributed by atoms with Crippen molar-refractivity contribution in [1.82, 2.24) is 9.44 Å². The molecule has 2 spiro atoms. The van der Waals surface area contributed by atoms with E-state index in [1.54, 1.807) is 36.4 Å². The summed E-state index contributed by atoms with van der Waals surface area (Å²) < 4.78 is 71.6. The van der Waals surface area contributed by atoms with Crippen LogP contribution < -0.4 is 28.7 Å². The van der Waals surface area contributed by atoms with Gasteiger partial charge in [-0.2, -0.15) is 0 Å². The molecule has 6 aliphatic carbocycles. The van der Waals surface area contributed by atoms with Crippen LogP contribution in [-0.4, -0.2) is 101 Å². The van der Waals surface area contributed by atoms with Gasteiger partial charge in [0.05, 0.1) is 47.3 Å². The molecule has 4 fully saturated rings. The molecular weight excluding hydrogens is 1260 g/mol. The monoisotopic (exact) mass is 1360 g/mol. The first-order valence-electron chi connectivity index (χ1n) is 34.9. The van der Waals surface area contributed by atoms with Crippen LogP contribution in [0.3, 0.4) is 0 Å². The van der Waals surface area contributed by atoms with Crippen molar-refractivity contribution >= 4 is 66.4 Å². The van der Waals surface area contributed by atoms with Gasteiger partial charge < -0.3 is 29.5 Å². The Hall–Kier alpha value is -5.62. The van der Waals surface area contributed by atoms with E-state index in [-0.39, 0.29) is 46.3 Å². The van der Waals surface area contributed by atoms with Gasteiger partial charge in [0.1, 0.15) is 11.5 Å². The largest absolute Gasteiger partial charge is 0.490 e. The molecule has 2 amide bonds. The number of hydrogen-bond donors (Lipinski definition) is 4. The highest BCUT2D eigenvalue weighted by atomic mass is 35.5. The summed E-state index contributed by atoms with van der Waals surface area (Å²) in [5.41, 5.74) is 6.64. The number of unbranched alkanes of at least 4 members (excludes halogenated alkanes) is 2. The van der Waals surface area contributed by atoms with Gasteiger partial charge in [0, 0.05) is 58.2 Å². The minimum atomic E-state index is -3.86. The third kappa shape index (κ3) is 16.0. The minimum absolute atomic E-state index is 0.0863. The van der Waals surface area contributed by atoms with Crippen molar-refractivity contribution in [1.29, 1.82) is 0 Å². The number of nitrogens with one attached hydrogen (secondary N) is 2. The molecule has 94 heavy (non-hydrogen) atoms. The number of aliphatic hydroxyl groups excluding tert-OH is 2. The molecule has 14 nitrogen and oxygen atoms in total. The Morgan fingerprint density at radius 1 is 0.596 bits per heavy atom. The molecule has 8 aliphatic rings. The SMILES string of the molecule is C=CCC[C@@H](C1CC1)S(=O)(=O)NC(=O)c1ccc2c(c1)N(C[C@@H]1CC[C@H]1[C@@H](O)/C=C/CCC)C[C@@]1(CCCc3cc(Cl)ccc31)CO2.C=CCC[C@H](C1CC1)S(=O)(=O)NC(=O)c1ccc2c(c1)N(C[C@@H]1CC[C@H]1[C@@H](O)/C=C/CCC)C[C@@]1(CCCc3cc(Cl)ccc31)CO2. The number of sulfonamides is 2. The number of anilines is 2. The van der Waals surface area contributed by atoms with Gasteiger partial charge in [-0.05, 0) is 247 Å². The van der Waals surface area contributed by atoms with Crippen molar-refractivity contribution in [2.45, 2.75) is 189 Å². The van der Waals surface area contributed by atoms with E-state index in [1.165, 1.54) is 22.3 Å². The van der Waals surface area contributed by atoms with Gasteiger partial charge in [0.25, 0.3) is 11.8 Å². The quantitative estimate of drug-likeness (QED) is 0.0436. The van der Waals surface area contributed by atoms with E-state index in [1.807, 2.05) is 36.4 Å². The van der Waals surface area contributed by atoms with Crippen molar-refractivity contribution in [3.05, 3.63) is 166 Å². The maximum atomic E-state index is 13.6. The summed E-state index contributed by atoms with van der Waals surface area (Å²) >= 11 is 12.9. The fourth-order valence-corrected chi connectivity index (χ4v) is 19.9. The first-order valence-corrected chi connectivity index (χ1v) is 38.8. The van der Waals surface area contributed by atoms with Crippen LogP contribution in [0, 0.1) is 35.5 Å². The summed E-state index contributed by atoms with van der Waals surface area (Å²) in [7, 11) is -7.72. The van der Waals surface area contributed by atoms with Gasteiger partial charge in [-0.25, -0.2) is 26.3 Å². The van der Waals surface area contributed by atoms with Crippen molar-refractivity contribution in [2.75, 3.05) is 49.2 Å². The number of benzene rings is 4. The number of rotatable bonds is 26. The van der Waals surface area contributed by atoms with Gasteiger partial charge >= 0.3 is 0 Å². The Labute approximate surface area is 569 Å². The first-order chi connectivity index (χ1) is 45.3.